The van der Waals surface area contributed by atoms with Crippen molar-refractivity contribution in [2.75, 3.05) is 26.1 Å². The van der Waals surface area contributed by atoms with Crippen LogP contribution in [0.4, 0.5) is 5.69 Å². The van der Waals surface area contributed by atoms with Crippen LogP contribution >= 0.6 is 0 Å². The Morgan fingerprint density at radius 1 is 1.06 bits per heavy atom. The summed E-state index contributed by atoms with van der Waals surface area (Å²) in [7, 11) is 2.81. The maximum Gasteiger partial charge on any atom is 0.330 e. The largest absolute Gasteiger partial charge is 0.493 e. The summed E-state index contributed by atoms with van der Waals surface area (Å²) in [5.41, 5.74) is 3.82. The lowest BCUT2D eigenvalue weighted by molar-refractivity contribution is -0.134. The predicted octanol–water partition coefficient (Wildman–Crippen LogP) is 3.70. The topological polar surface area (TPSA) is 91.7 Å². The Hall–Kier alpha value is -4.07. The number of carbonyl (C=O) groups is 2. The Labute approximate surface area is 186 Å². The summed E-state index contributed by atoms with van der Waals surface area (Å²) in [4.78, 5) is 23.8. The Morgan fingerprint density at radius 2 is 1.81 bits per heavy atom. The molecule has 1 aromatic heterocycles. The Balaban J connectivity index is 1.67. The number of rotatable bonds is 8. The summed E-state index contributed by atoms with van der Waals surface area (Å²) in [6.07, 6.45) is 2.91. The highest BCUT2D eigenvalue weighted by atomic mass is 16.5. The molecule has 3 rings (SSSR count). The molecule has 166 valence electrons. The molecule has 1 heterocycles. The lowest BCUT2D eigenvalue weighted by Crippen LogP contribution is -2.21. The van der Waals surface area contributed by atoms with Crippen LogP contribution in [-0.4, -0.2) is 42.5 Å². The predicted molar refractivity (Wildman–Crippen MR) is 121 cm³/mol. The van der Waals surface area contributed by atoms with Gasteiger partial charge in [0.2, 0.25) is 0 Å². The van der Waals surface area contributed by atoms with Gasteiger partial charge in [0.15, 0.2) is 18.1 Å². The van der Waals surface area contributed by atoms with Crippen molar-refractivity contribution in [3.63, 3.8) is 0 Å². The Bertz CT molecular complexity index is 1140. The first-order valence-electron chi connectivity index (χ1n) is 9.91. The van der Waals surface area contributed by atoms with Crippen LogP contribution in [0.1, 0.15) is 17.0 Å². The minimum Gasteiger partial charge on any atom is -0.493 e. The van der Waals surface area contributed by atoms with Crippen molar-refractivity contribution in [2.45, 2.75) is 13.8 Å². The molecule has 0 radical (unpaired) electrons. The molecule has 3 aromatic rings. The fourth-order valence-corrected chi connectivity index (χ4v) is 3.10. The molecular formula is C24H25N3O5. The molecule has 0 atom stereocenters. The van der Waals surface area contributed by atoms with Gasteiger partial charge in [0, 0.05) is 6.08 Å². The zero-order valence-electron chi connectivity index (χ0n) is 18.4. The van der Waals surface area contributed by atoms with Gasteiger partial charge >= 0.3 is 5.97 Å². The van der Waals surface area contributed by atoms with Gasteiger partial charge in [-0.2, -0.15) is 5.10 Å². The van der Waals surface area contributed by atoms with E-state index in [4.69, 9.17) is 9.47 Å². The number of hydrogen-bond acceptors (Lipinski definition) is 6. The number of anilines is 1. The van der Waals surface area contributed by atoms with Crippen molar-refractivity contribution in [1.82, 2.24) is 9.78 Å². The number of amides is 1. The molecule has 0 unspecified atom stereocenters. The quantitative estimate of drug-likeness (QED) is 0.429. The summed E-state index contributed by atoms with van der Waals surface area (Å²) in [6, 6.07) is 14.8. The van der Waals surface area contributed by atoms with E-state index in [1.165, 1.54) is 20.3 Å². The molecule has 32 heavy (non-hydrogen) atoms. The SMILES string of the molecule is COC(=O)/C=C/c1ccc(OCC(=O)Nc2c(C)nn(-c3ccccc3)c2C)c(OC)c1. The molecule has 1 amide bonds. The average Bonchev–Trinajstić information content (AvgIpc) is 3.10. The molecule has 0 fully saturated rings. The van der Waals surface area contributed by atoms with Crippen molar-refractivity contribution in [2.24, 2.45) is 0 Å². The molecule has 0 aliphatic rings. The van der Waals surface area contributed by atoms with Crippen LogP contribution in [0.5, 0.6) is 11.5 Å². The number of aryl methyl sites for hydroxylation is 1. The van der Waals surface area contributed by atoms with Crippen molar-refractivity contribution in [3.8, 4) is 17.2 Å². The minimum atomic E-state index is -0.456. The van der Waals surface area contributed by atoms with Gasteiger partial charge in [-0.1, -0.05) is 24.3 Å². The van der Waals surface area contributed by atoms with Gasteiger partial charge in [-0.15, -0.1) is 0 Å². The van der Waals surface area contributed by atoms with Crippen molar-refractivity contribution < 1.29 is 23.8 Å². The monoisotopic (exact) mass is 435 g/mol. The van der Waals surface area contributed by atoms with E-state index in [0.717, 1.165) is 16.9 Å². The third-order valence-corrected chi connectivity index (χ3v) is 4.72. The molecule has 8 nitrogen and oxygen atoms in total. The van der Waals surface area contributed by atoms with Gasteiger partial charge in [-0.3, -0.25) is 4.79 Å². The third kappa shape index (κ3) is 5.34. The number of methoxy groups -OCH3 is 2. The zero-order chi connectivity index (χ0) is 23.1. The number of hydrogen-bond donors (Lipinski definition) is 1. The minimum absolute atomic E-state index is 0.205. The van der Waals surface area contributed by atoms with Gasteiger partial charge in [-0.25, -0.2) is 9.48 Å². The van der Waals surface area contributed by atoms with E-state index in [9.17, 15) is 9.59 Å². The molecular weight excluding hydrogens is 410 g/mol. The number of para-hydroxylation sites is 1. The molecule has 0 saturated heterocycles. The second-order valence-electron chi connectivity index (χ2n) is 6.90. The smallest absolute Gasteiger partial charge is 0.330 e. The van der Waals surface area contributed by atoms with Crippen LogP contribution in [0.25, 0.3) is 11.8 Å². The maximum atomic E-state index is 12.5. The number of benzene rings is 2. The zero-order valence-corrected chi connectivity index (χ0v) is 18.4. The fraction of sp³-hybridized carbons (Fsp3) is 0.208. The van der Waals surface area contributed by atoms with Crippen molar-refractivity contribution in [3.05, 3.63) is 71.6 Å². The van der Waals surface area contributed by atoms with Gasteiger partial charge in [0.1, 0.15) is 0 Å². The Kier molecular flexibility index (Phi) is 7.28. The summed E-state index contributed by atoms with van der Waals surface area (Å²) >= 11 is 0. The lowest BCUT2D eigenvalue weighted by atomic mass is 10.2. The molecule has 8 heteroatoms. The first-order chi connectivity index (χ1) is 15.4. The first kappa shape index (κ1) is 22.6. The maximum absolute atomic E-state index is 12.5. The van der Waals surface area contributed by atoms with E-state index in [-0.39, 0.29) is 12.5 Å². The van der Waals surface area contributed by atoms with Crippen molar-refractivity contribution in [1.29, 1.82) is 0 Å². The van der Waals surface area contributed by atoms with Crippen LogP contribution < -0.4 is 14.8 Å². The standard InChI is InChI=1S/C24H25N3O5/c1-16-24(17(2)27(26-16)19-8-6-5-7-9-19)25-22(28)15-32-20-12-10-18(14-21(20)30-3)11-13-23(29)31-4/h5-14H,15H2,1-4H3,(H,25,28)/b13-11+. The summed E-state index contributed by atoms with van der Waals surface area (Å²) < 4.78 is 17.4. The van der Waals surface area contributed by atoms with Gasteiger partial charge in [0.25, 0.3) is 5.91 Å². The number of ether oxygens (including phenoxy) is 3. The number of aromatic nitrogens is 2. The molecule has 0 saturated carbocycles. The van der Waals surface area contributed by atoms with E-state index < -0.39 is 5.97 Å². The molecule has 2 aromatic carbocycles. The van der Waals surface area contributed by atoms with E-state index in [1.807, 2.05) is 44.2 Å². The third-order valence-electron chi connectivity index (χ3n) is 4.72. The molecule has 1 N–H and O–H groups in total. The van der Waals surface area contributed by atoms with Gasteiger partial charge in [0.05, 0.1) is 37.0 Å². The van der Waals surface area contributed by atoms with Crippen LogP contribution in [0.15, 0.2) is 54.6 Å². The summed E-state index contributed by atoms with van der Waals surface area (Å²) in [6.45, 7) is 3.53. The summed E-state index contributed by atoms with van der Waals surface area (Å²) in [5.74, 6) is 0.0723. The highest BCUT2D eigenvalue weighted by Gasteiger charge is 2.16. The van der Waals surface area contributed by atoms with E-state index in [1.54, 1.807) is 29.0 Å². The lowest BCUT2D eigenvalue weighted by Gasteiger charge is -2.12. The number of nitrogens with zero attached hydrogens (tertiary/aromatic N) is 2. The number of nitrogens with one attached hydrogen (secondary N) is 1. The van der Waals surface area contributed by atoms with Gasteiger partial charge in [-0.05, 0) is 49.8 Å². The first-order valence-corrected chi connectivity index (χ1v) is 9.91. The number of esters is 1. The normalized spacial score (nSPS) is 10.8. The van der Waals surface area contributed by atoms with E-state index in [2.05, 4.69) is 15.2 Å². The molecule has 0 aliphatic carbocycles. The Morgan fingerprint density at radius 3 is 2.50 bits per heavy atom. The number of carbonyl (C=O) groups excluding carboxylic acids is 2. The van der Waals surface area contributed by atoms with Crippen LogP contribution in [0.3, 0.4) is 0 Å². The van der Waals surface area contributed by atoms with Crippen LogP contribution in [0, 0.1) is 13.8 Å². The molecule has 0 aliphatic heterocycles. The van der Waals surface area contributed by atoms with Gasteiger partial charge < -0.3 is 19.5 Å². The molecule has 0 spiro atoms. The fourth-order valence-electron chi connectivity index (χ4n) is 3.10. The summed E-state index contributed by atoms with van der Waals surface area (Å²) in [5, 5.41) is 7.40. The highest BCUT2D eigenvalue weighted by Crippen LogP contribution is 2.29. The van der Waals surface area contributed by atoms with E-state index >= 15 is 0 Å². The molecule has 0 bridgehead atoms. The highest BCUT2D eigenvalue weighted by molar-refractivity contribution is 5.93. The average molecular weight is 435 g/mol. The van der Waals surface area contributed by atoms with Crippen molar-refractivity contribution >= 4 is 23.6 Å². The second kappa shape index (κ2) is 10.3. The van der Waals surface area contributed by atoms with E-state index in [0.29, 0.717) is 22.9 Å². The van der Waals surface area contributed by atoms with Crippen LogP contribution in [-0.2, 0) is 14.3 Å². The second-order valence-corrected chi connectivity index (χ2v) is 6.90. The van der Waals surface area contributed by atoms with Crippen LogP contribution in [0.2, 0.25) is 0 Å².